The summed E-state index contributed by atoms with van der Waals surface area (Å²) in [5.41, 5.74) is 1.14. The molecule has 150 valence electrons. The number of rotatable bonds is 6. The van der Waals surface area contributed by atoms with Crippen molar-refractivity contribution in [3.05, 3.63) is 76.6 Å². The van der Waals surface area contributed by atoms with Crippen molar-refractivity contribution in [2.24, 2.45) is 0 Å². The zero-order chi connectivity index (χ0) is 21.1. The largest absolute Gasteiger partial charge is 0.507 e. The number of aryl methyl sites for hydroxylation is 1. The molecule has 2 aromatic rings. The lowest BCUT2D eigenvalue weighted by atomic mass is 9.94. The summed E-state index contributed by atoms with van der Waals surface area (Å²) in [6, 6.07) is 11.3. The van der Waals surface area contributed by atoms with Crippen molar-refractivity contribution in [2.75, 3.05) is 6.54 Å². The number of amides is 1. The molecular formula is C22H20FNO5. The summed E-state index contributed by atoms with van der Waals surface area (Å²) in [7, 11) is 0. The first-order valence-corrected chi connectivity index (χ1v) is 9.13. The van der Waals surface area contributed by atoms with Crippen LogP contribution < -0.4 is 0 Å². The molecule has 1 unspecified atom stereocenters. The number of hydrogen-bond acceptors (Lipinski definition) is 4. The number of aliphatic hydroxyl groups excluding tert-OH is 1. The number of carboxylic acids is 1. The molecule has 1 aliphatic heterocycles. The van der Waals surface area contributed by atoms with Crippen LogP contribution >= 0.6 is 0 Å². The highest BCUT2D eigenvalue weighted by Gasteiger charge is 2.46. The quantitative estimate of drug-likeness (QED) is 0.442. The van der Waals surface area contributed by atoms with Gasteiger partial charge in [-0.2, -0.15) is 0 Å². The van der Waals surface area contributed by atoms with E-state index in [1.165, 1.54) is 18.2 Å². The standard InChI is InChI=1S/C22H20FNO5/c1-13-8-10-14(11-9-13)20(27)18-19(15-5-2-3-6-16(15)23)24(22(29)21(18)28)12-4-7-17(25)26/h2-3,5-6,8-11,19,27H,4,7,12H2,1H3,(H,25,26). The van der Waals surface area contributed by atoms with Gasteiger partial charge in [0.05, 0.1) is 11.6 Å². The van der Waals surface area contributed by atoms with Gasteiger partial charge in [0.2, 0.25) is 0 Å². The summed E-state index contributed by atoms with van der Waals surface area (Å²) < 4.78 is 14.6. The number of nitrogens with zero attached hydrogens (tertiary/aromatic N) is 1. The first kappa shape index (κ1) is 20.3. The fraction of sp³-hybridized carbons (Fsp3) is 0.227. The third kappa shape index (κ3) is 4.03. The predicted molar refractivity (Wildman–Crippen MR) is 103 cm³/mol. The number of hydrogen-bond donors (Lipinski definition) is 2. The number of Topliss-reactive ketones (excluding diaryl/α,β-unsaturated/α-hetero) is 1. The summed E-state index contributed by atoms with van der Waals surface area (Å²) >= 11 is 0. The van der Waals surface area contributed by atoms with Gasteiger partial charge in [0.1, 0.15) is 11.6 Å². The van der Waals surface area contributed by atoms with Gasteiger partial charge in [0.25, 0.3) is 11.7 Å². The highest BCUT2D eigenvalue weighted by Crippen LogP contribution is 2.40. The van der Waals surface area contributed by atoms with E-state index in [1.807, 2.05) is 6.92 Å². The summed E-state index contributed by atoms with van der Waals surface area (Å²) in [5.74, 6) is -3.87. The smallest absolute Gasteiger partial charge is 0.303 e. The molecule has 6 nitrogen and oxygen atoms in total. The molecule has 7 heteroatoms. The van der Waals surface area contributed by atoms with Crippen molar-refractivity contribution in [1.82, 2.24) is 4.90 Å². The number of aliphatic hydroxyl groups is 1. The Morgan fingerprint density at radius 1 is 1.07 bits per heavy atom. The molecule has 0 aliphatic carbocycles. The lowest BCUT2D eigenvalue weighted by molar-refractivity contribution is -0.140. The minimum absolute atomic E-state index is 0.0550. The molecule has 1 heterocycles. The molecule has 0 bridgehead atoms. The summed E-state index contributed by atoms with van der Waals surface area (Å²) in [6.45, 7) is 1.81. The molecule has 2 aromatic carbocycles. The zero-order valence-corrected chi connectivity index (χ0v) is 15.8. The Labute approximate surface area is 166 Å². The van der Waals surface area contributed by atoms with Crippen molar-refractivity contribution >= 4 is 23.4 Å². The van der Waals surface area contributed by atoms with Gasteiger partial charge in [0, 0.05) is 24.1 Å². The number of benzene rings is 2. The molecule has 0 aromatic heterocycles. The number of likely N-dealkylation sites (tertiary alicyclic amines) is 1. The van der Waals surface area contributed by atoms with E-state index in [-0.39, 0.29) is 30.5 Å². The minimum Gasteiger partial charge on any atom is -0.507 e. The van der Waals surface area contributed by atoms with Gasteiger partial charge in [-0.3, -0.25) is 14.4 Å². The zero-order valence-electron chi connectivity index (χ0n) is 15.8. The second-order valence-corrected chi connectivity index (χ2v) is 6.88. The Morgan fingerprint density at radius 3 is 2.34 bits per heavy atom. The van der Waals surface area contributed by atoms with Gasteiger partial charge in [0.15, 0.2) is 0 Å². The Balaban J connectivity index is 2.12. The summed E-state index contributed by atoms with van der Waals surface area (Å²) in [4.78, 5) is 37.3. The van der Waals surface area contributed by atoms with Gasteiger partial charge in [-0.25, -0.2) is 4.39 Å². The topological polar surface area (TPSA) is 94.9 Å². The first-order valence-electron chi connectivity index (χ1n) is 9.13. The molecule has 29 heavy (non-hydrogen) atoms. The fourth-order valence-electron chi connectivity index (χ4n) is 3.40. The average molecular weight is 397 g/mol. The third-order valence-corrected chi connectivity index (χ3v) is 4.85. The molecule has 1 amide bonds. The lowest BCUT2D eigenvalue weighted by Crippen LogP contribution is -2.31. The second kappa shape index (κ2) is 8.26. The number of carboxylic acid groups (broad SMARTS) is 1. The van der Waals surface area contributed by atoms with Crippen LogP contribution in [0.15, 0.2) is 54.1 Å². The number of halogens is 1. The van der Waals surface area contributed by atoms with Crippen molar-refractivity contribution in [2.45, 2.75) is 25.8 Å². The maximum Gasteiger partial charge on any atom is 0.303 e. The van der Waals surface area contributed by atoms with Gasteiger partial charge in [-0.05, 0) is 19.4 Å². The molecule has 0 radical (unpaired) electrons. The van der Waals surface area contributed by atoms with E-state index in [4.69, 9.17) is 5.11 Å². The van der Waals surface area contributed by atoms with E-state index in [1.54, 1.807) is 30.3 Å². The molecule has 1 fully saturated rings. The van der Waals surface area contributed by atoms with Crippen LogP contribution in [0.5, 0.6) is 0 Å². The van der Waals surface area contributed by atoms with Gasteiger partial charge in [-0.1, -0.05) is 48.0 Å². The van der Waals surface area contributed by atoms with Gasteiger partial charge in [-0.15, -0.1) is 0 Å². The van der Waals surface area contributed by atoms with Crippen molar-refractivity contribution in [1.29, 1.82) is 0 Å². The van der Waals surface area contributed by atoms with Gasteiger partial charge >= 0.3 is 5.97 Å². The van der Waals surface area contributed by atoms with Crippen molar-refractivity contribution in [3.8, 4) is 0 Å². The minimum atomic E-state index is -1.13. The number of ketones is 1. The van der Waals surface area contributed by atoms with Crippen LogP contribution in [0.4, 0.5) is 4.39 Å². The van der Waals surface area contributed by atoms with E-state index in [2.05, 4.69) is 0 Å². The van der Waals surface area contributed by atoms with Crippen LogP contribution in [0.25, 0.3) is 5.76 Å². The van der Waals surface area contributed by atoms with E-state index < -0.39 is 35.3 Å². The van der Waals surface area contributed by atoms with E-state index in [9.17, 15) is 23.9 Å². The van der Waals surface area contributed by atoms with Crippen LogP contribution in [0, 0.1) is 12.7 Å². The maximum atomic E-state index is 14.6. The Kier molecular flexibility index (Phi) is 5.77. The van der Waals surface area contributed by atoms with Crippen LogP contribution in [0.2, 0.25) is 0 Å². The monoisotopic (exact) mass is 397 g/mol. The average Bonchev–Trinajstić information content (AvgIpc) is 2.93. The Hall–Kier alpha value is -3.48. The Morgan fingerprint density at radius 2 is 1.72 bits per heavy atom. The van der Waals surface area contributed by atoms with E-state index in [0.717, 1.165) is 10.5 Å². The van der Waals surface area contributed by atoms with Crippen molar-refractivity contribution < 1.29 is 29.0 Å². The molecule has 1 aliphatic rings. The molecule has 0 spiro atoms. The second-order valence-electron chi connectivity index (χ2n) is 6.88. The van der Waals surface area contributed by atoms with Crippen LogP contribution in [-0.4, -0.2) is 39.3 Å². The SMILES string of the molecule is Cc1ccc(C(O)=C2C(=O)C(=O)N(CCCC(=O)O)C2c2ccccc2F)cc1. The molecule has 0 saturated carbocycles. The summed E-state index contributed by atoms with van der Waals surface area (Å²) in [6.07, 6.45) is -0.108. The van der Waals surface area contributed by atoms with Crippen LogP contribution in [0.1, 0.15) is 35.6 Å². The highest BCUT2D eigenvalue weighted by atomic mass is 19.1. The molecule has 1 atom stereocenters. The lowest BCUT2D eigenvalue weighted by Gasteiger charge is -2.25. The molecular weight excluding hydrogens is 377 g/mol. The van der Waals surface area contributed by atoms with Crippen LogP contribution in [0.3, 0.4) is 0 Å². The first-order chi connectivity index (χ1) is 13.8. The summed E-state index contributed by atoms with van der Waals surface area (Å²) in [5, 5.41) is 19.7. The van der Waals surface area contributed by atoms with Crippen LogP contribution in [-0.2, 0) is 14.4 Å². The number of aliphatic carboxylic acids is 1. The third-order valence-electron chi connectivity index (χ3n) is 4.85. The van der Waals surface area contributed by atoms with E-state index >= 15 is 0 Å². The number of carbonyl (C=O) groups is 3. The normalized spacial score (nSPS) is 18.3. The van der Waals surface area contributed by atoms with Gasteiger partial charge < -0.3 is 15.1 Å². The molecule has 2 N–H and O–H groups in total. The molecule has 3 rings (SSSR count). The predicted octanol–water partition coefficient (Wildman–Crippen LogP) is 3.42. The Bertz CT molecular complexity index is 997. The van der Waals surface area contributed by atoms with E-state index in [0.29, 0.717) is 5.56 Å². The van der Waals surface area contributed by atoms with Crippen molar-refractivity contribution in [3.63, 3.8) is 0 Å². The fourth-order valence-corrected chi connectivity index (χ4v) is 3.40. The molecule has 1 saturated heterocycles. The highest BCUT2D eigenvalue weighted by molar-refractivity contribution is 6.46. The maximum absolute atomic E-state index is 14.6. The number of carbonyl (C=O) groups excluding carboxylic acids is 2.